The smallest absolute Gasteiger partial charge is 0.251 e. The second kappa shape index (κ2) is 6.56. The van der Waals surface area contributed by atoms with E-state index < -0.39 is 0 Å². The molecule has 1 amide bonds. The maximum Gasteiger partial charge on any atom is 0.251 e. The van der Waals surface area contributed by atoms with Crippen molar-refractivity contribution in [1.82, 2.24) is 5.32 Å². The first-order valence-electron chi connectivity index (χ1n) is 6.01. The molecular weight excluding hydrogens is 242 g/mol. The number of nitrogens with one attached hydrogen (secondary N) is 1. The number of rotatable bonds is 5. The van der Waals surface area contributed by atoms with Crippen molar-refractivity contribution in [2.45, 2.75) is 0 Å². The quantitative estimate of drug-likeness (QED) is 0.863. The summed E-state index contributed by atoms with van der Waals surface area (Å²) in [7, 11) is 0. The van der Waals surface area contributed by atoms with Gasteiger partial charge in [0.1, 0.15) is 11.5 Å². The Hall–Kier alpha value is -2.33. The summed E-state index contributed by atoms with van der Waals surface area (Å²) in [5.41, 5.74) is 0.502. The number of hydrogen-bond donors (Lipinski definition) is 2. The summed E-state index contributed by atoms with van der Waals surface area (Å²) in [6, 6.07) is 16.3. The maximum absolute atomic E-state index is 11.7. The highest BCUT2D eigenvalue weighted by Gasteiger charge is 2.06. The van der Waals surface area contributed by atoms with Gasteiger partial charge in [0.25, 0.3) is 5.91 Å². The summed E-state index contributed by atoms with van der Waals surface area (Å²) < 4.78 is 5.64. The Labute approximate surface area is 111 Å². The third-order valence-corrected chi connectivity index (χ3v) is 2.47. The number of aliphatic hydroxyl groups is 1. The summed E-state index contributed by atoms with van der Waals surface area (Å²) in [5.74, 6) is 1.09. The number of carbonyl (C=O) groups excluding carboxylic acids is 1. The van der Waals surface area contributed by atoms with Gasteiger partial charge in [-0.2, -0.15) is 0 Å². The molecule has 0 aliphatic carbocycles. The van der Waals surface area contributed by atoms with Crippen molar-refractivity contribution >= 4 is 5.91 Å². The lowest BCUT2D eigenvalue weighted by atomic mass is 10.2. The number of para-hydroxylation sites is 1. The highest BCUT2D eigenvalue weighted by atomic mass is 16.5. The van der Waals surface area contributed by atoms with Gasteiger partial charge in [0.2, 0.25) is 0 Å². The van der Waals surface area contributed by atoms with Crippen LogP contribution in [0.1, 0.15) is 10.4 Å². The molecular formula is C15H15NO3. The Balaban J connectivity index is 2.09. The highest BCUT2D eigenvalue weighted by molar-refractivity contribution is 5.94. The van der Waals surface area contributed by atoms with Crippen molar-refractivity contribution in [3.05, 3.63) is 60.2 Å². The molecule has 0 fully saturated rings. The van der Waals surface area contributed by atoms with Gasteiger partial charge >= 0.3 is 0 Å². The largest absolute Gasteiger partial charge is 0.457 e. The number of benzene rings is 2. The van der Waals surface area contributed by atoms with Gasteiger partial charge in [-0.1, -0.05) is 24.3 Å². The molecule has 0 aliphatic heterocycles. The second-order valence-electron chi connectivity index (χ2n) is 3.92. The minimum absolute atomic E-state index is 0.0774. The van der Waals surface area contributed by atoms with Crippen LogP contribution in [0.25, 0.3) is 0 Å². The van der Waals surface area contributed by atoms with Crippen LogP contribution in [-0.4, -0.2) is 24.2 Å². The SMILES string of the molecule is O=C(NCCO)c1cccc(Oc2ccccc2)c1. The third-order valence-electron chi connectivity index (χ3n) is 2.47. The zero-order valence-electron chi connectivity index (χ0n) is 10.4. The minimum atomic E-state index is -0.229. The summed E-state index contributed by atoms with van der Waals surface area (Å²) in [5, 5.41) is 11.3. The maximum atomic E-state index is 11.7. The van der Waals surface area contributed by atoms with Crippen LogP contribution in [0, 0.1) is 0 Å². The highest BCUT2D eigenvalue weighted by Crippen LogP contribution is 2.21. The molecule has 0 bridgehead atoms. The number of aliphatic hydroxyl groups excluding tert-OH is 1. The van der Waals surface area contributed by atoms with E-state index in [-0.39, 0.29) is 19.1 Å². The standard InChI is InChI=1S/C15H15NO3/c17-10-9-16-15(18)12-5-4-8-14(11-12)19-13-6-2-1-3-7-13/h1-8,11,17H,9-10H2,(H,16,18). The minimum Gasteiger partial charge on any atom is -0.457 e. The van der Waals surface area contributed by atoms with Gasteiger partial charge in [0, 0.05) is 12.1 Å². The lowest BCUT2D eigenvalue weighted by Crippen LogP contribution is -2.26. The average Bonchev–Trinajstić information content (AvgIpc) is 2.46. The van der Waals surface area contributed by atoms with Crippen LogP contribution in [0.4, 0.5) is 0 Å². The fourth-order valence-electron chi connectivity index (χ4n) is 1.60. The van der Waals surface area contributed by atoms with Crippen LogP contribution in [-0.2, 0) is 0 Å². The van der Waals surface area contributed by atoms with Crippen LogP contribution in [0.15, 0.2) is 54.6 Å². The van der Waals surface area contributed by atoms with Crippen LogP contribution < -0.4 is 10.1 Å². The molecule has 2 N–H and O–H groups in total. The van der Waals surface area contributed by atoms with E-state index in [1.807, 2.05) is 30.3 Å². The molecule has 0 saturated heterocycles. The van der Waals surface area contributed by atoms with Crippen LogP contribution in [0.2, 0.25) is 0 Å². The van der Waals surface area contributed by atoms with Crippen LogP contribution in [0.3, 0.4) is 0 Å². The van der Waals surface area contributed by atoms with Gasteiger partial charge in [-0.05, 0) is 30.3 Å². The predicted octanol–water partition coefficient (Wildman–Crippen LogP) is 2.20. The Morgan fingerprint density at radius 3 is 2.53 bits per heavy atom. The van der Waals surface area contributed by atoms with E-state index in [1.165, 1.54) is 0 Å². The van der Waals surface area contributed by atoms with Crippen molar-refractivity contribution in [3.63, 3.8) is 0 Å². The van der Waals surface area contributed by atoms with E-state index in [0.717, 1.165) is 5.75 Å². The van der Waals surface area contributed by atoms with E-state index in [2.05, 4.69) is 5.32 Å². The normalized spacial score (nSPS) is 9.95. The van der Waals surface area contributed by atoms with Crippen molar-refractivity contribution in [2.75, 3.05) is 13.2 Å². The zero-order valence-corrected chi connectivity index (χ0v) is 10.4. The number of ether oxygens (including phenoxy) is 1. The van der Waals surface area contributed by atoms with E-state index in [0.29, 0.717) is 11.3 Å². The van der Waals surface area contributed by atoms with E-state index in [4.69, 9.17) is 9.84 Å². The zero-order chi connectivity index (χ0) is 13.5. The fourth-order valence-corrected chi connectivity index (χ4v) is 1.60. The van der Waals surface area contributed by atoms with Gasteiger partial charge in [-0.3, -0.25) is 4.79 Å². The molecule has 4 heteroatoms. The van der Waals surface area contributed by atoms with E-state index in [9.17, 15) is 4.79 Å². The Morgan fingerprint density at radius 2 is 1.79 bits per heavy atom. The summed E-state index contributed by atoms with van der Waals surface area (Å²) in [4.78, 5) is 11.7. The Morgan fingerprint density at radius 1 is 1.05 bits per heavy atom. The van der Waals surface area contributed by atoms with E-state index in [1.54, 1.807) is 24.3 Å². The van der Waals surface area contributed by atoms with Gasteiger partial charge < -0.3 is 15.2 Å². The van der Waals surface area contributed by atoms with E-state index >= 15 is 0 Å². The van der Waals surface area contributed by atoms with Gasteiger partial charge in [-0.15, -0.1) is 0 Å². The van der Waals surface area contributed by atoms with Gasteiger partial charge in [0.05, 0.1) is 6.61 Å². The molecule has 0 heterocycles. The first-order valence-corrected chi connectivity index (χ1v) is 6.01. The lowest BCUT2D eigenvalue weighted by Gasteiger charge is -2.07. The molecule has 19 heavy (non-hydrogen) atoms. The molecule has 2 aromatic carbocycles. The Kier molecular flexibility index (Phi) is 4.53. The predicted molar refractivity (Wildman–Crippen MR) is 72.4 cm³/mol. The van der Waals surface area contributed by atoms with Crippen LogP contribution in [0.5, 0.6) is 11.5 Å². The van der Waals surface area contributed by atoms with Crippen LogP contribution >= 0.6 is 0 Å². The first-order chi connectivity index (χ1) is 9.29. The molecule has 0 atom stereocenters. The third kappa shape index (κ3) is 3.82. The number of hydrogen-bond acceptors (Lipinski definition) is 3. The van der Waals surface area contributed by atoms with Crippen molar-refractivity contribution < 1.29 is 14.6 Å². The topological polar surface area (TPSA) is 58.6 Å². The summed E-state index contributed by atoms with van der Waals surface area (Å²) in [6.45, 7) is 0.161. The molecule has 4 nitrogen and oxygen atoms in total. The van der Waals surface area contributed by atoms with Crippen molar-refractivity contribution in [3.8, 4) is 11.5 Å². The van der Waals surface area contributed by atoms with Gasteiger partial charge in [0.15, 0.2) is 0 Å². The van der Waals surface area contributed by atoms with Crippen molar-refractivity contribution in [2.24, 2.45) is 0 Å². The first kappa shape index (κ1) is 13.1. The second-order valence-corrected chi connectivity index (χ2v) is 3.92. The number of amides is 1. The molecule has 0 spiro atoms. The average molecular weight is 257 g/mol. The molecule has 98 valence electrons. The molecule has 0 saturated carbocycles. The summed E-state index contributed by atoms with van der Waals surface area (Å²) in [6.07, 6.45) is 0. The molecule has 0 aromatic heterocycles. The van der Waals surface area contributed by atoms with Gasteiger partial charge in [-0.25, -0.2) is 0 Å². The fraction of sp³-hybridized carbons (Fsp3) is 0.133. The monoisotopic (exact) mass is 257 g/mol. The Bertz CT molecular complexity index is 540. The molecule has 0 aliphatic rings. The molecule has 2 aromatic rings. The lowest BCUT2D eigenvalue weighted by molar-refractivity contribution is 0.0944. The molecule has 2 rings (SSSR count). The molecule has 0 radical (unpaired) electrons. The molecule has 0 unspecified atom stereocenters. The van der Waals surface area contributed by atoms with Crippen molar-refractivity contribution in [1.29, 1.82) is 0 Å². The number of carbonyl (C=O) groups is 1. The summed E-state index contributed by atoms with van der Waals surface area (Å²) >= 11 is 0.